The Bertz CT molecular complexity index is 3320. The second kappa shape index (κ2) is 11.1. The molecule has 0 bridgehead atoms. The van der Waals surface area contributed by atoms with Gasteiger partial charge in [-0.25, -0.2) is 4.98 Å². The third-order valence-corrected chi connectivity index (χ3v) is 11.1. The first-order valence-corrected chi connectivity index (χ1v) is 18.3. The van der Waals surface area contributed by atoms with E-state index in [1.165, 1.54) is 66.0 Å². The minimum atomic E-state index is 0.567. The molecule has 54 heavy (non-hydrogen) atoms. The van der Waals surface area contributed by atoms with Crippen molar-refractivity contribution in [3.8, 4) is 61.7 Å². The minimum Gasteiger partial charge on any atom is -0.309 e. The molecule has 0 fully saturated rings. The number of benzene rings is 8. The zero-order valence-electron chi connectivity index (χ0n) is 29.0. The lowest BCUT2D eigenvalue weighted by Gasteiger charge is -2.14. The van der Waals surface area contributed by atoms with Gasteiger partial charge in [0.05, 0.1) is 22.2 Å². The molecule has 1 aliphatic rings. The highest BCUT2D eigenvalue weighted by Crippen LogP contribution is 2.49. The van der Waals surface area contributed by atoms with Gasteiger partial charge in [0, 0.05) is 33.0 Å². The van der Waals surface area contributed by atoms with Gasteiger partial charge in [-0.3, -0.25) is 0 Å². The van der Waals surface area contributed by atoms with Crippen LogP contribution < -0.4 is 0 Å². The van der Waals surface area contributed by atoms with Crippen LogP contribution in [0.5, 0.6) is 0 Å². The number of hydrogen-bond acceptors (Lipinski definition) is 3. The first-order chi connectivity index (χ1) is 26.8. The molecule has 3 aromatic heterocycles. The average Bonchev–Trinajstić information content (AvgIpc) is 3.80. The summed E-state index contributed by atoms with van der Waals surface area (Å²) >= 11 is 0. The molecule has 12 rings (SSSR count). The van der Waals surface area contributed by atoms with E-state index in [2.05, 4.69) is 168 Å². The van der Waals surface area contributed by atoms with Crippen LogP contribution in [0, 0.1) is 0 Å². The van der Waals surface area contributed by atoms with Crippen LogP contribution >= 0.6 is 0 Å². The quantitative estimate of drug-likeness (QED) is 0.185. The van der Waals surface area contributed by atoms with Crippen LogP contribution in [0.4, 0.5) is 0 Å². The van der Waals surface area contributed by atoms with Crippen LogP contribution in [0.3, 0.4) is 0 Å². The van der Waals surface area contributed by atoms with Gasteiger partial charge in [0.2, 0.25) is 0 Å². The predicted octanol–water partition coefficient (Wildman–Crippen LogP) is 12.2. The lowest BCUT2D eigenvalue weighted by molar-refractivity contribution is 0.988. The van der Waals surface area contributed by atoms with E-state index in [-0.39, 0.29) is 0 Å². The minimum absolute atomic E-state index is 0.567. The Balaban J connectivity index is 1.03. The van der Waals surface area contributed by atoms with Crippen molar-refractivity contribution in [2.75, 3.05) is 0 Å². The molecule has 0 saturated carbocycles. The van der Waals surface area contributed by atoms with Crippen LogP contribution in [0.15, 0.2) is 176 Å². The summed E-state index contributed by atoms with van der Waals surface area (Å²) in [5, 5.41) is 11.2. The summed E-state index contributed by atoms with van der Waals surface area (Å²) in [5.41, 5.74) is 14.7. The molecule has 0 aliphatic heterocycles. The van der Waals surface area contributed by atoms with Crippen molar-refractivity contribution in [2.45, 2.75) is 0 Å². The molecular weight excluding hydrogens is 659 g/mol. The molecular formula is C49H29N5. The maximum absolute atomic E-state index is 5.13. The zero-order chi connectivity index (χ0) is 35.3. The highest BCUT2D eigenvalue weighted by Gasteiger charge is 2.25. The van der Waals surface area contributed by atoms with E-state index in [9.17, 15) is 0 Å². The van der Waals surface area contributed by atoms with E-state index in [0.29, 0.717) is 11.6 Å². The molecule has 5 heteroatoms. The standard InChI is InChI=1S/C49H29N5/c1-2-11-30(12-3-1)31-23-25-33(26-24-31)47-40-18-6-7-21-41(40)54-49(50-47)51-48(52-54)34-14-8-15-35(29-34)53-42-22-10-20-39-37-17-5-4-16-36(37)38-19-9-13-32-27-28-43(53)46(44(32)38)45(39)42/h1-29H. The van der Waals surface area contributed by atoms with Crippen molar-refractivity contribution in [3.05, 3.63) is 176 Å². The number of rotatable bonds is 4. The van der Waals surface area contributed by atoms with E-state index in [1.807, 2.05) is 16.6 Å². The molecule has 0 atom stereocenters. The third kappa shape index (κ3) is 4.12. The Morgan fingerprint density at radius 2 is 1.02 bits per heavy atom. The Morgan fingerprint density at radius 1 is 0.389 bits per heavy atom. The highest BCUT2D eigenvalue weighted by molar-refractivity contribution is 6.30. The fourth-order valence-corrected chi connectivity index (χ4v) is 8.74. The molecule has 0 radical (unpaired) electrons. The lowest BCUT2D eigenvalue weighted by Crippen LogP contribution is -1.97. The molecule has 0 amide bonds. The van der Waals surface area contributed by atoms with E-state index in [1.54, 1.807) is 0 Å². The number of fused-ring (bicyclic) bond motifs is 6. The fraction of sp³-hybridized carbons (Fsp3) is 0. The van der Waals surface area contributed by atoms with E-state index >= 15 is 0 Å². The number of hydrogen-bond donors (Lipinski definition) is 0. The van der Waals surface area contributed by atoms with Crippen LogP contribution in [0.25, 0.3) is 111 Å². The van der Waals surface area contributed by atoms with Gasteiger partial charge >= 0.3 is 0 Å². The van der Waals surface area contributed by atoms with Crippen molar-refractivity contribution in [2.24, 2.45) is 0 Å². The van der Waals surface area contributed by atoms with Gasteiger partial charge in [0.25, 0.3) is 5.78 Å². The Labute approximate surface area is 310 Å². The molecule has 0 saturated heterocycles. The number of nitrogens with zero attached hydrogens (tertiary/aromatic N) is 5. The fourth-order valence-electron chi connectivity index (χ4n) is 8.74. The van der Waals surface area contributed by atoms with Gasteiger partial charge in [0.1, 0.15) is 0 Å². The Hall–Kier alpha value is -7.37. The van der Waals surface area contributed by atoms with Crippen LogP contribution in [-0.2, 0) is 0 Å². The van der Waals surface area contributed by atoms with E-state index in [4.69, 9.17) is 15.1 Å². The summed E-state index contributed by atoms with van der Waals surface area (Å²) < 4.78 is 4.28. The van der Waals surface area contributed by atoms with Gasteiger partial charge in [-0.15, -0.1) is 5.10 Å². The monoisotopic (exact) mass is 687 g/mol. The highest BCUT2D eigenvalue weighted by atomic mass is 15.3. The summed E-state index contributed by atoms with van der Waals surface area (Å²) in [7, 11) is 0. The van der Waals surface area contributed by atoms with Gasteiger partial charge in [-0.1, -0.05) is 146 Å². The van der Waals surface area contributed by atoms with Crippen molar-refractivity contribution in [3.63, 3.8) is 0 Å². The molecule has 0 spiro atoms. The summed E-state index contributed by atoms with van der Waals surface area (Å²) in [6.07, 6.45) is 0. The average molecular weight is 688 g/mol. The van der Waals surface area contributed by atoms with Gasteiger partial charge in [-0.2, -0.15) is 9.50 Å². The molecule has 5 nitrogen and oxygen atoms in total. The van der Waals surface area contributed by atoms with Crippen LogP contribution in [0.1, 0.15) is 0 Å². The largest absolute Gasteiger partial charge is 0.309 e. The second-order valence-corrected chi connectivity index (χ2v) is 14.1. The van der Waals surface area contributed by atoms with Crippen molar-refractivity contribution in [1.29, 1.82) is 0 Å². The SMILES string of the molecule is c1ccc(-c2ccc(-c3nc4nc(-c5cccc(-n6c7cccc8c7c7c9c(cccc9ccc76)-c6ccccc6-8)c5)nn4c4ccccc34)cc2)cc1. The van der Waals surface area contributed by atoms with E-state index < -0.39 is 0 Å². The van der Waals surface area contributed by atoms with Gasteiger partial charge in [0.15, 0.2) is 5.82 Å². The first kappa shape index (κ1) is 29.2. The number of para-hydroxylation sites is 1. The van der Waals surface area contributed by atoms with Crippen LogP contribution in [0.2, 0.25) is 0 Å². The molecule has 1 aliphatic carbocycles. The van der Waals surface area contributed by atoms with Crippen molar-refractivity contribution < 1.29 is 0 Å². The third-order valence-electron chi connectivity index (χ3n) is 11.1. The summed E-state index contributed by atoms with van der Waals surface area (Å²) in [6, 6.07) is 62.7. The second-order valence-electron chi connectivity index (χ2n) is 14.1. The Morgan fingerprint density at radius 3 is 1.87 bits per heavy atom. The molecule has 250 valence electrons. The van der Waals surface area contributed by atoms with E-state index in [0.717, 1.165) is 33.4 Å². The van der Waals surface area contributed by atoms with Crippen molar-refractivity contribution in [1.82, 2.24) is 24.1 Å². The number of aromatic nitrogens is 5. The summed E-state index contributed by atoms with van der Waals surface area (Å²) in [5.74, 6) is 1.20. The van der Waals surface area contributed by atoms with Gasteiger partial charge < -0.3 is 4.57 Å². The normalized spacial score (nSPS) is 12.1. The topological polar surface area (TPSA) is 48.0 Å². The smallest absolute Gasteiger partial charge is 0.253 e. The molecule has 0 unspecified atom stereocenters. The molecule has 11 aromatic rings. The summed E-state index contributed by atoms with van der Waals surface area (Å²) in [4.78, 5) is 10.2. The molecule has 0 N–H and O–H groups in total. The van der Waals surface area contributed by atoms with Crippen molar-refractivity contribution >= 4 is 49.3 Å². The maximum atomic E-state index is 5.13. The van der Waals surface area contributed by atoms with Crippen LogP contribution in [-0.4, -0.2) is 24.1 Å². The molecule has 3 heterocycles. The lowest BCUT2D eigenvalue weighted by atomic mass is 9.93. The first-order valence-electron chi connectivity index (χ1n) is 18.3. The van der Waals surface area contributed by atoms with Gasteiger partial charge in [-0.05, 0) is 74.5 Å². The molecule has 8 aromatic carbocycles. The summed E-state index contributed by atoms with van der Waals surface area (Å²) in [6.45, 7) is 0. The predicted molar refractivity (Wildman–Crippen MR) is 221 cm³/mol. The Kier molecular flexibility index (Phi) is 5.99. The zero-order valence-corrected chi connectivity index (χ0v) is 29.0. The maximum Gasteiger partial charge on any atom is 0.253 e.